The Morgan fingerprint density at radius 1 is 0.700 bits per heavy atom. The monoisotopic (exact) mass is 380 g/mol. The zero-order valence-electron chi connectivity index (χ0n) is 15.7. The highest BCUT2D eigenvalue weighted by Crippen LogP contribution is 2.54. The molecule has 0 fully saturated rings. The Labute approximate surface area is 173 Å². The smallest absolute Gasteiger partial charge is 0.138 e. The van der Waals surface area contributed by atoms with Crippen molar-refractivity contribution in [3.63, 3.8) is 0 Å². The van der Waals surface area contributed by atoms with Crippen molar-refractivity contribution in [1.82, 2.24) is 4.98 Å². The van der Waals surface area contributed by atoms with Crippen LogP contribution in [0, 0.1) is 34.0 Å². The number of aromatic nitrogens is 1. The lowest BCUT2D eigenvalue weighted by Crippen LogP contribution is -1.94. The van der Waals surface area contributed by atoms with Crippen LogP contribution >= 0.6 is 0 Å². The van der Waals surface area contributed by atoms with E-state index in [9.17, 15) is 15.8 Å². The number of nitrogens with zero attached hydrogens (tertiary/aromatic N) is 4. The first kappa shape index (κ1) is 17.4. The SMILES string of the molecule is N#C/C=C1/C(=C2/c3ccccc3-c3ncccc32)C(=C(C#N)C#N)c2ccccc21. The van der Waals surface area contributed by atoms with E-state index in [0.29, 0.717) is 11.1 Å². The maximum atomic E-state index is 9.73. The third kappa shape index (κ3) is 2.27. The maximum absolute atomic E-state index is 9.73. The van der Waals surface area contributed by atoms with Gasteiger partial charge >= 0.3 is 0 Å². The predicted molar refractivity (Wildman–Crippen MR) is 114 cm³/mol. The van der Waals surface area contributed by atoms with E-state index in [1.165, 1.54) is 6.08 Å². The first-order chi connectivity index (χ1) is 14.8. The molecule has 0 aliphatic heterocycles. The van der Waals surface area contributed by atoms with Gasteiger partial charge in [-0.1, -0.05) is 54.6 Å². The first-order valence-corrected chi connectivity index (χ1v) is 9.34. The van der Waals surface area contributed by atoms with E-state index >= 15 is 0 Å². The normalized spacial score (nSPS) is 16.8. The highest BCUT2D eigenvalue weighted by Gasteiger charge is 2.36. The molecule has 1 aromatic heterocycles. The van der Waals surface area contributed by atoms with E-state index in [4.69, 9.17) is 0 Å². The van der Waals surface area contributed by atoms with Crippen LogP contribution in [0.25, 0.3) is 28.0 Å². The van der Waals surface area contributed by atoms with E-state index in [1.54, 1.807) is 6.20 Å². The summed E-state index contributed by atoms with van der Waals surface area (Å²) in [5, 5.41) is 29.0. The number of nitriles is 3. The molecule has 0 radical (unpaired) electrons. The van der Waals surface area contributed by atoms with Crippen LogP contribution in [0.2, 0.25) is 0 Å². The lowest BCUT2D eigenvalue weighted by atomic mass is 9.89. The Balaban J connectivity index is 2.02. The second-order valence-corrected chi connectivity index (χ2v) is 6.90. The van der Waals surface area contributed by atoms with Gasteiger partial charge in [0.15, 0.2) is 0 Å². The third-order valence-electron chi connectivity index (χ3n) is 5.47. The molecule has 0 atom stereocenters. The molecule has 0 unspecified atom stereocenters. The van der Waals surface area contributed by atoms with Gasteiger partial charge in [0.25, 0.3) is 0 Å². The van der Waals surface area contributed by atoms with Gasteiger partial charge in [0, 0.05) is 45.7 Å². The van der Waals surface area contributed by atoms with Gasteiger partial charge in [-0.2, -0.15) is 15.8 Å². The first-order valence-electron chi connectivity index (χ1n) is 9.34. The minimum atomic E-state index is 0.0288. The molecule has 2 aliphatic carbocycles. The van der Waals surface area contributed by atoms with Crippen molar-refractivity contribution in [1.29, 1.82) is 15.8 Å². The molecule has 136 valence electrons. The summed E-state index contributed by atoms with van der Waals surface area (Å²) in [5.41, 5.74) is 8.33. The number of benzene rings is 2. The average Bonchev–Trinajstić information content (AvgIpc) is 3.28. The summed E-state index contributed by atoms with van der Waals surface area (Å²) in [4.78, 5) is 4.59. The van der Waals surface area contributed by atoms with Crippen LogP contribution in [-0.4, -0.2) is 4.98 Å². The van der Waals surface area contributed by atoms with Crippen LogP contribution in [0.3, 0.4) is 0 Å². The Morgan fingerprint density at radius 2 is 1.33 bits per heavy atom. The number of hydrogen-bond acceptors (Lipinski definition) is 4. The highest BCUT2D eigenvalue weighted by molar-refractivity contribution is 6.20. The molecule has 2 aliphatic rings. The fourth-order valence-electron chi connectivity index (χ4n) is 4.35. The van der Waals surface area contributed by atoms with E-state index in [0.717, 1.165) is 44.7 Å². The van der Waals surface area contributed by atoms with Crippen molar-refractivity contribution >= 4 is 16.7 Å². The molecule has 0 amide bonds. The van der Waals surface area contributed by atoms with E-state index < -0.39 is 0 Å². The topological polar surface area (TPSA) is 84.3 Å². The maximum Gasteiger partial charge on any atom is 0.138 e. The Morgan fingerprint density at radius 3 is 2.03 bits per heavy atom. The molecule has 0 N–H and O–H groups in total. The Hall–Kier alpha value is -4.72. The molecular formula is C26H12N4. The molecule has 0 spiro atoms. The van der Waals surface area contributed by atoms with Crippen molar-refractivity contribution in [3.05, 3.63) is 106 Å². The standard InChI is InChI=1S/C26H12N4/c27-12-11-20-17-6-1-2-7-18(17)23(16(14-28)15-29)25(20)24-19-8-3-4-9-21(19)26-22(24)10-5-13-30-26/h1-11,13H/b20-11+,25-24+. The van der Waals surface area contributed by atoms with Gasteiger partial charge in [0.2, 0.25) is 0 Å². The molecule has 1 heterocycles. The highest BCUT2D eigenvalue weighted by atomic mass is 14.7. The molecule has 0 saturated heterocycles. The predicted octanol–water partition coefficient (Wildman–Crippen LogP) is 5.29. The molecular weight excluding hydrogens is 368 g/mol. The quantitative estimate of drug-likeness (QED) is 0.388. The molecule has 0 bridgehead atoms. The summed E-state index contributed by atoms with van der Waals surface area (Å²) in [5.74, 6) is 0. The summed E-state index contributed by atoms with van der Waals surface area (Å²) in [7, 11) is 0. The Bertz CT molecular complexity index is 1400. The second-order valence-electron chi connectivity index (χ2n) is 6.90. The van der Waals surface area contributed by atoms with E-state index in [1.807, 2.05) is 60.7 Å². The molecule has 4 nitrogen and oxygen atoms in total. The molecule has 2 aromatic carbocycles. The molecule has 0 saturated carbocycles. The van der Waals surface area contributed by atoms with Crippen molar-refractivity contribution in [2.75, 3.05) is 0 Å². The zero-order valence-corrected chi connectivity index (χ0v) is 15.7. The summed E-state index contributed by atoms with van der Waals surface area (Å²) >= 11 is 0. The number of rotatable bonds is 0. The van der Waals surface area contributed by atoms with Crippen molar-refractivity contribution < 1.29 is 0 Å². The third-order valence-corrected chi connectivity index (χ3v) is 5.47. The number of allylic oxidation sites excluding steroid dienone is 5. The van der Waals surface area contributed by atoms with Crippen molar-refractivity contribution in [2.45, 2.75) is 0 Å². The van der Waals surface area contributed by atoms with Gasteiger partial charge < -0.3 is 0 Å². The number of hydrogen-bond donors (Lipinski definition) is 0. The van der Waals surface area contributed by atoms with Crippen molar-refractivity contribution in [2.24, 2.45) is 0 Å². The van der Waals surface area contributed by atoms with Crippen LogP contribution in [0.1, 0.15) is 22.3 Å². The van der Waals surface area contributed by atoms with Crippen LogP contribution in [-0.2, 0) is 0 Å². The van der Waals surface area contributed by atoms with E-state index in [2.05, 4.69) is 23.2 Å². The molecule has 4 heteroatoms. The van der Waals surface area contributed by atoms with Gasteiger partial charge in [-0.25, -0.2) is 0 Å². The van der Waals surface area contributed by atoms with Gasteiger partial charge in [0.1, 0.15) is 17.7 Å². The zero-order chi connectivity index (χ0) is 20.7. The van der Waals surface area contributed by atoms with E-state index in [-0.39, 0.29) is 5.57 Å². The van der Waals surface area contributed by atoms with Gasteiger partial charge in [-0.15, -0.1) is 0 Å². The number of fused-ring (bicyclic) bond motifs is 4. The van der Waals surface area contributed by atoms with Crippen LogP contribution < -0.4 is 0 Å². The fourth-order valence-corrected chi connectivity index (χ4v) is 4.35. The average molecular weight is 380 g/mol. The largest absolute Gasteiger partial charge is 0.256 e. The second kappa shape index (κ2) is 6.71. The molecule has 3 aromatic rings. The van der Waals surface area contributed by atoms with Gasteiger partial charge in [0.05, 0.1) is 11.8 Å². The fraction of sp³-hybridized carbons (Fsp3) is 0. The molecule has 5 rings (SSSR count). The minimum Gasteiger partial charge on any atom is -0.256 e. The summed E-state index contributed by atoms with van der Waals surface area (Å²) in [6.45, 7) is 0. The van der Waals surface area contributed by atoms with Crippen LogP contribution in [0.4, 0.5) is 0 Å². The summed E-state index contributed by atoms with van der Waals surface area (Å²) < 4.78 is 0. The van der Waals surface area contributed by atoms with Crippen LogP contribution in [0.5, 0.6) is 0 Å². The summed E-state index contributed by atoms with van der Waals surface area (Å²) in [6.07, 6.45) is 3.25. The Kier molecular flexibility index (Phi) is 3.89. The minimum absolute atomic E-state index is 0.0288. The van der Waals surface area contributed by atoms with Gasteiger partial charge in [-0.3, -0.25) is 4.98 Å². The lowest BCUT2D eigenvalue weighted by molar-refractivity contribution is 1.33. The summed E-state index contributed by atoms with van der Waals surface area (Å²) in [6, 6.07) is 25.7. The number of pyridine rings is 1. The van der Waals surface area contributed by atoms with Crippen molar-refractivity contribution in [3.8, 4) is 29.5 Å². The molecule has 30 heavy (non-hydrogen) atoms. The lowest BCUT2D eigenvalue weighted by Gasteiger charge is -2.12. The van der Waals surface area contributed by atoms with Crippen LogP contribution in [0.15, 0.2) is 84.1 Å². The van der Waals surface area contributed by atoms with Gasteiger partial charge in [-0.05, 0) is 22.8 Å².